The van der Waals surface area contributed by atoms with Crippen LogP contribution in [0, 0.1) is 0 Å². The summed E-state index contributed by atoms with van der Waals surface area (Å²) >= 11 is 0. The monoisotopic (exact) mass is 514 g/mol. The van der Waals surface area contributed by atoms with E-state index in [1.54, 1.807) is 12.1 Å². The van der Waals surface area contributed by atoms with Crippen LogP contribution < -0.4 is 0 Å². The average molecular weight is 515 g/mol. The third kappa shape index (κ3) is 4.94. The Morgan fingerprint density at radius 1 is 0.917 bits per heavy atom. The Kier molecular flexibility index (Phi) is 6.57. The van der Waals surface area contributed by atoms with E-state index in [1.165, 1.54) is 55.8 Å². The summed E-state index contributed by atoms with van der Waals surface area (Å²) < 4.78 is 69.2. The zero-order valence-electron chi connectivity index (χ0n) is 19.9. The Bertz CT molecular complexity index is 1500. The molecule has 188 valence electrons. The first-order chi connectivity index (χ1) is 16.8. The lowest BCUT2D eigenvalue weighted by molar-refractivity contribution is -0.137. The second-order valence-electron chi connectivity index (χ2n) is 8.87. The average Bonchev–Trinajstić information content (AvgIpc) is 3.30. The first-order valence-electron chi connectivity index (χ1n) is 11.2. The minimum Gasteiger partial charge on any atom is -0.384 e. The molecule has 0 aliphatic heterocycles. The number of sulfone groups is 1. The summed E-state index contributed by atoms with van der Waals surface area (Å²) in [6, 6.07) is 18.9. The van der Waals surface area contributed by atoms with Crippen molar-refractivity contribution in [3.8, 4) is 28.2 Å². The summed E-state index contributed by atoms with van der Waals surface area (Å²) in [5.74, 6) is -0.329. The highest BCUT2D eigenvalue weighted by molar-refractivity contribution is 7.91. The topological polar surface area (TPSA) is 72.2 Å². The molecule has 0 bridgehead atoms. The molecule has 1 aromatic heterocycles. The molecule has 1 N–H and O–H groups in total. The van der Waals surface area contributed by atoms with E-state index < -0.39 is 27.2 Å². The van der Waals surface area contributed by atoms with Crippen LogP contribution in [0.4, 0.5) is 13.2 Å². The van der Waals surface area contributed by atoms with Crippen LogP contribution in [0.1, 0.15) is 32.0 Å². The first-order valence-corrected chi connectivity index (χ1v) is 12.9. The number of imidazole rings is 1. The fourth-order valence-corrected chi connectivity index (χ4v) is 4.97. The zero-order valence-corrected chi connectivity index (χ0v) is 20.7. The number of alkyl halides is 3. The van der Waals surface area contributed by atoms with E-state index in [9.17, 15) is 26.7 Å². The van der Waals surface area contributed by atoms with Crippen molar-refractivity contribution in [1.29, 1.82) is 0 Å². The quantitative estimate of drug-likeness (QED) is 0.330. The Balaban J connectivity index is 2.10. The molecule has 5 nitrogen and oxygen atoms in total. The number of benzene rings is 3. The minimum atomic E-state index is -4.67. The Morgan fingerprint density at radius 2 is 1.56 bits per heavy atom. The van der Waals surface area contributed by atoms with Gasteiger partial charge in [-0.3, -0.25) is 4.57 Å². The number of rotatable bonds is 6. The summed E-state index contributed by atoms with van der Waals surface area (Å²) in [6.07, 6.45) is -3.28. The highest BCUT2D eigenvalue weighted by Gasteiger charge is 2.36. The second-order valence-corrected chi connectivity index (χ2v) is 11.1. The lowest BCUT2D eigenvalue weighted by Gasteiger charge is -2.17. The van der Waals surface area contributed by atoms with E-state index in [0.717, 1.165) is 11.6 Å². The van der Waals surface area contributed by atoms with Gasteiger partial charge >= 0.3 is 6.18 Å². The first kappa shape index (κ1) is 25.7. The third-order valence-electron chi connectivity index (χ3n) is 5.85. The van der Waals surface area contributed by atoms with Crippen molar-refractivity contribution in [1.82, 2.24) is 9.55 Å². The van der Waals surface area contributed by atoms with E-state index in [-0.39, 0.29) is 33.4 Å². The maximum absolute atomic E-state index is 13.9. The predicted octanol–water partition coefficient (Wildman–Crippen LogP) is 6.25. The summed E-state index contributed by atoms with van der Waals surface area (Å²) in [5, 5.41) is 10.6. The molecule has 0 saturated heterocycles. The van der Waals surface area contributed by atoms with Gasteiger partial charge in [-0.1, -0.05) is 61.5 Å². The lowest BCUT2D eigenvalue weighted by atomic mass is 10.0. The lowest BCUT2D eigenvalue weighted by Crippen LogP contribution is -2.16. The molecule has 3 aromatic carbocycles. The van der Waals surface area contributed by atoms with Crippen LogP contribution in [-0.2, 0) is 21.6 Å². The van der Waals surface area contributed by atoms with E-state index in [0.29, 0.717) is 5.56 Å². The van der Waals surface area contributed by atoms with E-state index >= 15 is 0 Å². The van der Waals surface area contributed by atoms with Crippen molar-refractivity contribution in [2.24, 2.45) is 0 Å². The highest BCUT2D eigenvalue weighted by Crippen LogP contribution is 2.39. The van der Waals surface area contributed by atoms with Gasteiger partial charge in [0.2, 0.25) is 0 Å². The van der Waals surface area contributed by atoms with Crippen LogP contribution in [0.15, 0.2) is 83.9 Å². The fourth-order valence-electron chi connectivity index (χ4n) is 3.91. The minimum absolute atomic E-state index is 0.0462. The van der Waals surface area contributed by atoms with Crippen LogP contribution in [0.25, 0.3) is 28.2 Å². The highest BCUT2D eigenvalue weighted by atomic mass is 32.2. The van der Waals surface area contributed by atoms with Crippen LogP contribution in [0.3, 0.4) is 0 Å². The number of aliphatic hydroxyl groups is 1. The maximum atomic E-state index is 13.9. The molecule has 0 unspecified atom stereocenters. The van der Waals surface area contributed by atoms with Gasteiger partial charge in [0.1, 0.15) is 11.4 Å². The molecular weight excluding hydrogens is 489 g/mol. The van der Waals surface area contributed by atoms with Crippen LogP contribution in [-0.4, -0.2) is 28.8 Å². The maximum Gasteiger partial charge on any atom is 0.417 e. The summed E-state index contributed by atoms with van der Waals surface area (Å²) in [7, 11) is -3.77. The second kappa shape index (κ2) is 9.22. The molecule has 0 saturated carbocycles. The standard InChI is InChI=1S/C27H25F3N2O3S/c1-4-36(34,35)23-15-14-19(18-10-6-5-7-11-18)16-22(23)32-17-24(26(2,3)33)31-25(32)20-12-8-9-13-21(20)27(28,29)30/h5-17,33H,4H2,1-3H3. The van der Waals surface area contributed by atoms with Gasteiger partial charge in [0, 0.05) is 11.8 Å². The zero-order chi connectivity index (χ0) is 26.3. The largest absolute Gasteiger partial charge is 0.417 e. The van der Waals surface area contributed by atoms with E-state index in [4.69, 9.17) is 0 Å². The Hall–Kier alpha value is -3.43. The van der Waals surface area contributed by atoms with Crippen LogP contribution >= 0.6 is 0 Å². The van der Waals surface area contributed by atoms with Gasteiger partial charge in [-0.2, -0.15) is 13.2 Å². The van der Waals surface area contributed by atoms with Crippen molar-refractivity contribution in [2.75, 3.05) is 5.75 Å². The third-order valence-corrected chi connectivity index (χ3v) is 7.62. The molecule has 0 aliphatic rings. The summed E-state index contributed by atoms with van der Waals surface area (Å²) in [6.45, 7) is 4.42. The molecule has 4 rings (SSSR count). The molecule has 0 atom stereocenters. The summed E-state index contributed by atoms with van der Waals surface area (Å²) in [4.78, 5) is 4.33. The van der Waals surface area contributed by atoms with Crippen molar-refractivity contribution in [2.45, 2.75) is 37.4 Å². The molecule has 9 heteroatoms. The number of hydrogen-bond acceptors (Lipinski definition) is 4. The molecule has 0 radical (unpaired) electrons. The van der Waals surface area contributed by atoms with Gasteiger partial charge in [0.05, 0.1) is 27.6 Å². The van der Waals surface area contributed by atoms with Crippen molar-refractivity contribution in [3.05, 3.63) is 90.3 Å². The van der Waals surface area contributed by atoms with Crippen LogP contribution in [0.5, 0.6) is 0 Å². The molecule has 0 spiro atoms. The number of halogens is 3. The smallest absolute Gasteiger partial charge is 0.384 e. The molecule has 0 fully saturated rings. The van der Waals surface area contributed by atoms with E-state index in [2.05, 4.69) is 4.98 Å². The van der Waals surface area contributed by atoms with Gasteiger partial charge in [-0.25, -0.2) is 13.4 Å². The fraction of sp³-hybridized carbons (Fsp3) is 0.222. The van der Waals surface area contributed by atoms with E-state index in [1.807, 2.05) is 30.3 Å². The van der Waals surface area contributed by atoms with Gasteiger partial charge in [0.15, 0.2) is 9.84 Å². The van der Waals surface area contributed by atoms with Crippen LogP contribution in [0.2, 0.25) is 0 Å². The Labute approximate surface area is 207 Å². The summed E-state index contributed by atoms with van der Waals surface area (Å²) in [5.41, 5.74) is -0.918. The molecule has 1 heterocycles. The molecule has 36 heavy (non-hydrogen) atoms. The van der Waals surface area contributed by atoms with Crippen molar-refractivity contribution in [3.63, 3.8) is 0 Å². The number of hydrogen-bond donors (Lipinski definition) is 1. The van der Waals surface area contributed by atoms with Gasteiger partial charge in [0.25, 0.3) is 0 Å². The molecular formula is C27H25F3N2O3S. The van der Waals surface area contributed by atoms with Gasteiger partial charge in [-0.05, 0) is 43.2 Å². The normalized spacial score (nSPS) is 12.6. The SMILES string of the molecule is CCS(=O)(=O)c1ccc(-c2ccccc2)cc1-n1cc(C(C)(C)O)nc1-c1ccccc1C(F)(F)F. The van der Waals surface area contributed by atoms with Gasteiger partial charge < -0.3 is 5.11 Å². The molecule has 0 amide bonds. The van der Waals surface area contributed by atoms with Crippen molar-refractivity contribution >= 4 is 9.84 Å². The number of nitrogens with zero attached hydrogens (tertiary/aromatic N) is 2. The molecule has 0 aliphatic carbocycles. The van der Waals surface area contributed by atoms with Gasteiger partial charge in [-0.15, -0.1) is 0 Å². The predicted molar refractivity (Wildman–Crippen MR) is 132 cm³/mol. The Morgan fingerprint density at radius 3 is 2.17 bits per heavy atom. The molecule has 4 aromatic rings. The number of aromatic nitrogens is 2. The van der Waals surface area contributed by atoms with Crippen molar-refractivity contribution < 1.29 is 26.7 Å².